The smallest absolute Gasteiger partial charge is 0.265 e. The van der Waals surface area contributed by atoms with E-state index >= 15 is 0 Å². The predicted molar refractivity (Wildman–Crippen MR) is 87.1 cm³/mol. The zero-order valence-corrected chi connectivity index (χ0v) is 12.3. The number of amides is 1. The largest absolute Gasteiger partial charge is 0.386 e. The van der Waals surface area contributed by atoms with Crippen molar-refractivity contribution in [2.75, 3.05) is 11.9 Å². The molecule has 0 saturated heterocycles. The third-order valence-corrected chi connectivity index (χ3v) is 3.65. The number of carbonyl (C=O) groups is 1. The van der Waals surface area contributed by atoms with Crippen molar-refractivity contribution in [2.24, 2.45) is 5.16 Å². The molecule has 22 heavy (non-hydrogen) atoms. The van der Waals surface area contributed by atoms with Crippen molar-refractivity contribution >= 4 is 17.8 Å². The lowest BCUT2D eigenvalue weighted by Gasteiger charge is -2.06. The fourth-order valence-electron chi connectivity index (χ4n) is 2.58. The van der Waals surface area contributed by atoms with Crippen LogP contribution in [0.2, 0.25) is 0 Å². The van der Waals surface area contributed by atoms with Gasteiger partial charge in [0.1, 0.15) is 0 Å². The van der Waals surface area contributed by atoms with E-state index in [-0.39, 0.29) is 12.5 Å². The van der Waals surface area contributed by atoms with Gasteiger partial charge >= 0.3 is 0 Å². The van der Waals surface area contributed by atoms with Crippen molar-refractivity contribution in [1.29, 1.82) is 0 Å². The standard InChI is InChI=1S/C18H18N2O2/c21-18(13-22-19-12-14-5-2-1-3-6-14)20-17-10-9-15-7-4-8-16(15)11-17/h1-3,5-6,9-12H,4,7-8,13H2,(H,20,21)/b19-12-. The molecule has 1 aliphatic rings. The molecule has 0 atom stereocenters. The van der Waals surface area contributed by atoms with E-state index < -0.39 is 0 Å². The second-order valence-electron chi connectivity index (χ2n) is 5.30. The molecule has 3 rings (SSSR count). The van der Waals surface area contributed by atoms with Gasteiger partial charge in [-0.05, 0) is 48.1 Å². The number of aryl methyl sites for hydroxylation is 2. The Balaban J connectivity index is 1.47. The quantitative estimate of drug-likeness (QED) is 0.680. The predicted octanol–water partition coefficient (Wildman–Crippen LogP) is 3.16. The highest BCUT2D eigenvalue weighted by atomic mass is 16.6. The molecule has 1 amide bonds. The minimum absolute atomic E-state index is 0.0968. The van der Waals surface area contributed by atoms with Gasteiger partial charge in [-0.2, -0.15) is 0 Å². The molecule has 0 aromatic heterocycles. The number of oxime groups is 1. The number of anilines is 1. The maximum absolute atomic E-state index is 11.8. The van der Waals surface area contributed by atoms with E-state index in [1.54, 1.807) is 6.21 Å². The van der Waals surface area contributed by atoms with Gasteiger partial charge in [0.2, 0.25) is 0 Å². The van der Waals surface area contributed by atoms with Crippen LogP contribution in [0.4, 0.5) is 5.69 Å². The number of hydrogen-bond acceptors (Lipinski definition) is 3. The molecule has 2 aromatic carbocycles. The summed E-state index contributed by atoms with van der Waals surface area (Å²) in [5.41, 5.74) is 4.48. The number of rotatable bonds is 5. The molecule has 0 spiro atoms. The highest BCUT2D eigenvalue weighted by Gasteiger charge is 2.11. The summed E-state index contributed by atoms with van der Waals surface area (Å²) in [6.07, 6.45) is 5.02. The summed E-state index contributed by atoms with van der Waals surface area (Å²) < 4.78 is 0. The number of hydrogen-bond donors (Lipinski definition) is 1. The molecule has 4 heteroatoms. The molecule has 4 nitrogen and oxygen atoms in total. The zero-order valence-electron chi connectivity index (χ0n) is 12.3. The fraction of sp³-hybridized carbons (Fsp3) is 0.222. The van der Waals surface area contributed by atoms with E-state index in [0.717, 1.165) is 24.1 Å². The molecule has 2 aromatic rings. The lowest BCUT2D eigenvalue weighted by atomic mass is 10.1. The second-order valence-corrected chi connectivity index (χ2v) is 5.30. The summed E-state index contributed by atoms with van der Waals surface area (Å²) in [4.78, 5) is 16.8. The summed E-state index contributed by atoms with van der Waals surface area (Å²) in [6, 6.07) is 15.7. The Hall–Kier alpha value is -2.62. The molecule has 0 radical (unpaired) electrons. The number of nitrogens with zero attached hydrogens (tertiary/aromatic N) is 1. The van der Waals surface area contributed by atoms with E-state index in [2.05, 4.69) is 16.5 Å². The van der Waals surface area contributed by atoms with E-state index in [1.165, 1.54) is 17.5 Å². The normalized spacial score (nSPS) is 13.1. The molecule has 0 heterocycles. The average molecular weight is 294 g/mol. The van der Waals surface area contributed by atoms with E-state index in [1.807, 2.05) is 42.5 Å². The first kappa shape index (κ1) is 14.3. The Kier molecular flexibility index (Phi) is 4.49. The fourth-order valence-corrected chi connectivity index (χ4v) is 2.58. The van der Waals surface area contributed by atoms with Crippen LogP contribution >= 0.6 is 0 Å². The van der Waals surface area contributed by atoms with Gasteiger partial charge in [-0.3, -0.25) is 4.79 Å². The Morgan fingerprint density at radius 3 is 2.82 bits per heavy atom. The highest BCUT2D eigenvalue weighted by Crippen LogP contribution is 2.24. The van der Waals surface area contributed by atoms with Crippen LogP contribution in [0.1, 0.15) is 23.1 Å². The Bertz CT molecular complexity index is 681. The SMILES string of the molecule is O=C(CO/N=C\c1ccccc1)Nc1ccc2c(c1)CCC2. The van der Waals surface area contributed by atoms with Crippen LogP contribution in [0.15, 0.2) is 53.7 Å². The van der Waals surface area contributed by atoms with Gasteiger partial charge in [-0.25, -0.2) is 0 Å². The lowest BCUT2D eigenvalue weighted by molar-refractivity contribution is -0.120. The molecule has 1 N–H and O–H groups in total. The molecule has 1 aliphatic carbocycles. The van der Waals surface area contributed by atoms with Gasteiger partial charge in [-0.15, -0.1) is 0 Å². The second kappa shape index (κ2) is 6.89. The van der Waals surface area contributed by atoms with Crippen molar-refractivity contribution in [3.05, 3.63) is 65.2 Å². The van der Waals surface area contributed by atoms with Gasteiger partial charge in [0.05, 0.1) is 6.21 Å². The Morgan fingerprint density at radius 1 is 1.14 bits per heavy atom. The first-order chi connectivity index (χ1) is 10.8. The Morgan fingerprint density at radius 2 is 1.95 bits per heavy atom. The van der Waals surface area contributed by atoms with Crippen LogP contribution in [-0.2, 0) is 22.5 Å². The number of benzene rings is 2. The van der Waals surface area contributed by atoms with E-state index in [4.69, 9.17) is 4.84 Å². The molecule has 0 aliphatic heterocycles. The van der Waals surface area contributed by atoms with Gasteiger partial charge in [0.15, 0.2) is 6.61 Å². The molecular formula is C18H18N2O2. The molecule has 112 valence electrons. The highest BCUT2D eigenvalue weighted by molar-refractivity contribution is 5.91. The van der Waals surface area contributed by atoms with Gasteiger partial charge in [0, 0.05) is 5.69 Å². The van der Waals surface area contributed by atoms with Gasteiger partial charge in [0.25, 0.3) is 5.91 Å². The van der Waals surface area contributed by atoms with E-state index in [9.17, 15) is 4.79 Å². The summed E-state index contributed by atoms with van der Waals surface area (Å²) in [6.45, 7) is -0.0968. The third-order valence-electron chi connectivity index (χ3n) is 3.65. The van der Waals surface area contributed by atoms with Crippen molar-refractivity contribution in [1.82, 2.24) is 0 Å². The van der Waals surface area contributed by atoms with Crippen LogP contribution in [0.3, 0.4) is 0 Å². The van der Waals surface area contributed by atoms with Crippen LogP contribution in [0, 0.1) is 0 Å². The van der Waals surface area contributed by atoms with Crippen molar-refractivity contribution in [3.63, 3.8) is 0 Å². The number of carbonyl (C=O) groups excluding carboxylic acids is 1. The van der Waals surface area contributed by atoms with Crippen molar-refractivity contribution in [3.8, 4) is 0 Å². The maximum atomic E-state index is 11.8. The van der Waals surface area contributed by atoms with Crippen LogP contribution < -0.4 is 5.32 Å². The first-order valence-electron chi connectivity index (χ1n) is 7.43. The minimum atomic E-state index is -0.205. The third kappa shape index (κ3) is 3.73. The average Bonchev–Trinajstić information content (AvgIpc) is 3.00. The summed E-state index contributed by atoms with van der Waals surface area (Å²) in [5.74, 6) is -0.205. The number of fused-ring (bicyclic) bond motifs is 1. The number of nitrogens with one attached hydrogen (secondary N) is 1. The first-order valence-corrected chi connectivity index (χ1v) is 7.43. The zero-order chi connectivity index (χ0) is 15.2. The molecule has 0 fully saturated rings. The summed E-state index contributed by atoms with van der Waals surface area (Å²) in [5, 5.41) is 6.63. The topological polar surface area (TPSA) is 50.7 Å². The Labute approximate surface area is 129 Å². The van der Waals surface area contributed by atoms with E-state index in [0.29, 0.717) is 0 Å². The minimum Gasteiger partial charge on any atom is -0.386 e. The van der Waals surface area contributed by atoms with Crippen molar-refractivity contribution in [2.45, 2.75) is 19.3 Å². The van der Waals surface area contributed by atoms with Crippen molar-refractivity contribution < 1.29 is 9.63 Å². The van der Waals surface area contributed by atoms with Gasteiger partial charge in [-0.1, -0.05) is 41.6 Å². The summed E-state index contributed by atoms with van der Waals surface area (Å²) in [7, 11) is 0. The summed E-state index contributed by atoms with van der Waals surface area (Å²) >= 11 is 0. The van der Waals surface area contributed by atoms with Crippen LogP contribution in [0.25, 0.3) is 0 Å². The molecule has 0 bridgehead atoms. The lowest BCUT2D eigenvalue weighted by Crippen LogP contribution is -2.17. The monoisotopic (exact) mass is 294 g/mol. The molecular weight excluding hydrogens is 276 g/mol. The molecule has 0 unspecified atom stereocenters. The maximum Gasteiger partial charge on any atom is 0.265 e. The van der Waals surface area contributed by atoms with Crippen LogP contribution in [0.5, 0.6) is 0 Å². The van der Waals surface area contributed by atoms with Gasteiger partial charge < -0.3 is 10.2 Å². The van der Waals surface area contributed by atoms with Crippen LogP contribution in [-0.4, -0.2) is 18.7 Å². The molecule has 0 saturated carbocycles.